The van der Waals surface area contributed by atoms with Crippen molar-refractivity contribution in [1.82, 2.24) is 0 Å². The van der Waals surface area contributed by atoms with Crippen LogP contribution in [-0.2, 0) is 25.8 Å². The quantitative estimate of drug-likeness (QED) is 0.674. The Hall–Kier alpha value is -3.08. The molecule has 11 heteroatoms. The Morgan fingerprint density at radius 1 is 0.897 bits per heavy atom. The summed E-state index contributed by atoms with van der Waals surface area (Å²) in [5.74, 6) is -1.00. The number of halogens is 3. The summed E-state index contributed by atoms with van der Waals surface area (Å²) < 4.78 is 67.7. The highest BCUT2D eigenvalue weighted by molar-refractivity contribution is 7.92. The summed E-state index contributed by atoms with van der Waals surface area (Å²) in [7, 11) is -4.41. The zero-order valence-corrected chi connectivity index (χ0v) is 16.5. The van der Waals surface area contributed by atoms with Gasteiger partial charge in [0.25, 0.3) is 10.0 Å². The van der Waals surface area contributed by atoms with E-state index in [1.165, 1.54) is 26.0 Å². The number of aryl methyl sites for hydroxylation is 1. The number of amides is 2. The molecule has 0 heterocycles. The largest absolute Gasteiger partial charge is 0.418 e. The number of sulfonamides is 1. The van der Waals surface area contributed by atoms with Crippen molar-refractivity contribution < 1.29 is 31.2 Å². The SMILES string of the molecule is CC(=O)Nc1ccc(NS(=O)(=O)c2cc(NC(C)=O)ccc2C)c(C(F)(F)F)c1. The van der Waals surface area contributed by atoms with Gasteiger partial charge >= 0.3 is 6.18 Å². The Bertz CT molecular complexity index is 1070. The lowest BCUT2D eigenvalue weighted by Crippen LogP contribution is -2.19. The minimum atomic E-state index is -4.88. The first-order valence-electron chi connectivity index (χ1n) is 8.19. The molecule has 0 radical (unpaired) electrons. The standard InChI is InChI=1S/C18H18F3N3O4S/c1-10-4-5-14(23-12(3)26)9-17(10)29(27,28)24-16-7-6-13(22-11(2)25)8-15(16)18(19,20)21/h4-9,24H,1-3H3,(H,22,25)(H,23,26). The minimum absolute atomic E-state index is 0.128. The Labute approximate surface area is 165 Å². The number of alkyl halides is 3. The van der Waals surface area contributed by atoms with E-state index in [0.29, 0.717) is 6.07 Å². The molecule has 29 heavy (non-hydrogen) atoms. The molecule has 0 spiro atoms. The molecule has 0 saturated heterocycles. The predicted octanol–water partition coefficient (Wildman–Crippen LogP) is 3.73. The molecular formula is C18H18F3N3O4S. The Morgan fingerprint density at radius 3 is 1.93 bits per heavy atom. The lowest BCUT2D eigenvalue weighted by Gasteiger charge is -2.17. The van der Waals surface area contributed by atoms with Gasteiger partial charge in [-0.3, -0.25) is 14.3 Å². The van der Waals surface area contributed by atoms with Gasteiger partial charge in [0.2, 0.25) is 11.8 Å². The highest BCUT2D eigenvalue weighted by atomic mass is 32.2. The molecule has 0 saturated carbocycles. The van der Waals surface area contributed by atoms with Crippen LogP contribution in [0.5, 0.6) is 0 Å². The summed E-state index contributed by atoms with van der Waals surface area (Å²) >= 11 is 0. The summed E-state index contributed by atoms with van der Waals surface area (Å²) in [6.07, 6.45) is -4.88. The van der Waals surface area contributed by atoms with Gasteiger partial charge in [-0.25, -0.2) is 8.42 Å². The van der Waals surface area contributed by atoms with Crippen molar-refractivity contribution in [1.29, 1.82) is 0 Å². The van der Waals surface area contributed by atoms with Gasteiger partial charge in [-0.15, -0.1) is 0 Å². The fraction of sp³-hybridized carbons (Fsp3) is 0.222. The van der Waals surface area contributed by atoms with Crippen LogP contribution in [0.3, 0.4) is 0 Å². The third kappa shape index (κ3) is 5.70. The van der Waals surface area contributed by atoms with Crippen molar-refractivity contribution in [3.05, 3.63) is 47.5 Å². The zero-order chi connectivity index (χ0) is 22.0. The number of benzene rings is 2. The van der Waals surface area contributed by atoms with Crippen LogP contribution in [-0.4, -0.2) is 20.2 Å². The maximum atomic E-state index is 13.4. The highest BCUT2D eigenvalue weighted by Gasteiger charge is 2.35. The van der Waals surface area contributed by atoms with E-state index in [0.717, 1.165) is 25.1 Å². The third-order valence-corrected chi connectivity index (χ3v) is 5.20. The van der Waals surface area contributed by atoms with E-state index in [1.54, 1.807) is 0 Å². The van der Waals surface area contributed by atoms with E-state index in [1.807, 2.05) is 4.72 Å². The molecule has 156 valence electrons. The molecule has 0 aromatic heterocycles. The molecule has 2 aromatic carbocycles. The molecule has 3 N–H and O–H groups in total. The second-order valence-corrected chi connectivity index (χ2v) is 7.86. The van der Waals surface area contributed by atoms with Crippen LogP contribution >= 0.6 is 0 Å². The van der Waals surface area contributed by atoms with Crippen LogP contribution in [0.25, 0.3) is 0 Å². The van der Waals surface area contributed by atoms with Crippen molar-refractivity contribution in [3.8, 4) is 0 Å². The van der Waals surface area contributed by atoms with E-state index in [4.69, 9.17) is 0 Å². The van der Waals surface area contributed by atoms with Gasteiger partial charge in [0.05, 0.1) is 16.1 Å². The molecule has 2 amide bonds. The maximum Gasteiger partial charge on any atom is 0.418 e. The van der Waals surface area contributed by atoms with Gasteiger partial charge in [-0.1, -0.05) is 6.07 Å². The minimum Gasteiger partial charge on any atom is -0.326 e. The van der Waals surface area contributed by atoms with E-state index in [2.05, 4.69) is 10.6 Å². The fourth-order valence-electron chi connectivity index (χ4n) is 2.52. The average molecular weight is 429 g/mol. The summed E-state index contributed by atoms with van der Waals surface area (Å²) in [6.45, 7) is 3.84. The molecule has 0 aliphatic heterocycles. The molecule has 0 atom stereocenters. The molecule has 0 aliphatic rings. The third-order valence-electron chi connectivity index (χ3n) is 3.69. The molecule has 2 aromatic rings. The van der Waals surface area contributed by atoms with Gasteiger partial charge in [0.1, 0.15) is 0 Å². The normalized spacial score (nSPS) is 11.7. The van der Waals surface area contributed by atoms with E-state index in [-0.39, 0.29) is 21.8 Å². The second-order valence-electron chi connectivity index (χ2n) is 6.21. The number of carbonyl (C=O) groups is 2. The first kappa shape index (κ1) is 22.2. The number of nitrogens with one attached hydrogen (secondary N) is 3. The zero-order valence-electron chi connectivity index (χ0n) is 15.6. The number of rotatable bonds is 5. The lowest BCUT2D eigenvalue weighted by molar-refractivity contribution is -0.137. The second kappa shape index (κ2) is 8.11. The summed E-state index contributed by atoms with van der Waals surface area (Å²) in [5.41, 5.74) is -1.63. The highest BCUT2D eigenvalue weighted by Crippen LogP contribution is 2.37. The van der Waals surface area contributed by atoms with Gasteiger partial charge in [-0.2, -0.15) is 13.2 Å². The predicted molar refractivity (Wildman–Crippen MR) is 102 cm³/mol. The van der Waals surface area contributed by atoms with Crippen LogP contribution in [0.1, 0.15) is 25.0 Å². The summed E-state index contributed by atoms with van der Waals surface area (Å²) in [6, 6.07) is 6.75. The van der Waals surface area contributed by atoms with Crippen molar-refractivity contribution in [2.75, 3.05) is 15.4 Å². The molecule has 0 fully saturated rings. The van der Waals surface area contributed by atoms with E-state index in [9.17, 15) is 31.2 Å². The molecule has 2 rings (SSSR count). The molecule has 7 nitrogen and oxygen atoms in total. The number of carbonyl (C=O) groups excluding carboxylic acids is 2. The van der Waals surface area contributed by atoms with Crippen LogP contribution in [0.4, 0.5) is 30.2 Å². The Balaban J connectivity index is 2.49. The van der Waals surface area contributed by atoms with Crippen molar-refractivity contribution in [2.45, 2.75) is 31.8 Å². The van der Waals surface area contributed by atoms with Crippen LogP contribution in [0.2, 0.25) is 0 Å². The van der Waals surface area contributed by atoms with Crippen molar-refractivity contribution >= 4 is 38.9 Å². The Kier molecular flexibility index (Phi) is 6.21. The molecule has 0 bridgehead atoms. The van der Waals surface area contributed by atoms with Crippen LogP contribution < -0.4 is 15.4 Å². The van der Waals surface area contributed by atoms with Gasteiger partial charge in [0.15, 0.2) is 0 Å². The number of hydrogen-bond donors (Lipinski definition) is 3. The smallest absolute Gasteiger partial charge is 0.326 e. The van der Waals surface area contributed by atoms with E-state index < -0.39 is 39.3 Å². The first-order valence-corrected chi connectivity index (χ1v) is 9.68. The average Bonchev–Trinajstić information content (AvgIpc) is 2.55. The Morgan fingerprint density at radius 2 is 1.41 bits per heavy atom. The molecular weight excluding hydrogens is 411 g/mol. The van der Waals surface area contributed by atoms with Crippen molar-refractivity contribution in [3.63, 3.8) is 0 Å². The first-order chi connectivity index (χ1) is 13.3. The van der Waals surface area contributed by atoms with Crippen LogP contribution in [0, 0.1) is 6.92 Å². The van der Waals surface area contributed by atoms with Gasteiger partial charge < -0.3 is 10.6 Å². The summed E-state index contributed by atoms with van der Waals surface area (Å²) in [4.78, 5) is 22.0. The maximum absolute atomic E-state index is 13.4. The fourth-order valence-corrected chi connectivity index (χ4v) is 3.87. The summed E-state index contributed by atoms with van der Waals surface area (Å²) in [5, 5.41) is 4.64. The monoisotopic (exact) mass is 429 g/mol. The van der Waals surface area contributed by atoms with Crippen LogP contribution in [0.15, 0.2) is 41.3 Å². The molecule has 0 unspecified atom stereocenters. The van der Waals surface area contributed by atoms with Crippen molar-refractivity contribution in [2.24, 2.45) is 0 Å². The van der Waals surface area contributed by atoms with Gasteiger partial charge in [-0.05, 0) is 42.8 Å². The number of hydrogen-bond acceptors (Lipinski definition) is 4. The van der Waals surface area contributed by atoms with E-state index >= 15 is 0 Å². The lowest BCUT2D eigenvalue weighted by atomic mass is 10.1. The topological polar surface area (TPSA) is 104 Å². The number of anilines is 3. The molecule has 0 aliphatic carbocycles. The van der Waals surface area contributed by atoms with Gasteiger partial charge in [0, 0.05) is 25.2 Å².